The Hall–Kier alpha value is -3.87. The standard InChI is InChI=1S/C21H18N2O5/c1-27-15-11-12-18(28-2)17(13-15)23-20(25)16(19(24)22-21(23)26)10-6-9-14-7-4-3-5-8-14/h3-13H,1-2H3,(H,22,24,26)/b9-6-,16-10-. The average Bonchev–Trinajstić information content (AvgIpc) is 2.71. The lowest BCUT2D eigenvalue weighted by Crippen LogP contribution is -2.54. The van der Waals surface area contributed by atoms with Crippen molar-refractivity contribution in [3.8, 4) is 11.5 Å². The lowest BCUT2D eigenvalue weighted by molar-refractivity contribution is -0.122. The second-order valence-corrected chi connectivity index (χ2v) is 5.79. The van der Waals surface area contributed by atoms with Crippen molar-refractivity contribution in [1.82, 2.24) is 5.32 Å². The summed E-state index contributed by atoms with van der Waals surface area (Å²) in [5, 5.41) is 2.17. The van der Waals surface area contributed by atoms with Gasteiger partial charge < -0.3 is 9.47 Å². The highest BCUT2D eigenvalue weighted by atomic mass is 16.5. The van der Waals surface area contributed by atoms with Crippen LogP contribution in [0.3, 0.4) is 0 Å². The molecule has 1 N–H and O–H groups in total. The Bertz CT molecular complexity index is 980. The molecule has 0 spiro atoms. The van der Waals surface area contributed by atoms with E-state index in [2.05, 4.69) is 5.32 Å². The first-order chi connectivity index (χ1) is 13.5. The van der Waals surface area contributed by atoms with Crippen LogP contribution in [0.2, 0.25) is 0 Å². The Morgan fingerprint density at radius 2 is 1.71 bits per heavy atom. The summed E-state index contributed by atoms with van der Waals surface area (Å²) in [5.41, 5.74) is 0.914. The van der Waals surface area contributed by atoms with Crippen molar-refractivity contribution in [3.63, 3.8) is 0 Å². The fraction of sp³-hybridized carbons (Fsp3) is 0.0952. The number of methoxy groups -OCH3 is 2. The minimum Gasteiger partial charge on any atom is -0.497 e. The molecule has 1 fully saturated rings. The summed E-state index contributed by atoms with van der Waals surface area (Å²) >= 11 is 0. The number of amides is 4. The molecule has 28 heavy (non-hydrogen) atoms. The van der Waals surface area contributed by atoms with Gasteiger partial charge in [0.25, 0.3) is 11.8 Å². The number of allylic oxidation sites excluding steroid dienone is 2. The highest BCUT2D eigenvalue weighted by Crippen LogP contribution is 2.34. The number of urea groups is 1. The quantitative estimate of drug-likeness (QED) is 0.639. The molecule has 4 amide bonds. The Balaban J connectivity index is 1.97. The monoisotopic (exact) mass is 378 g/mol. The maximum atomic E-state index is 12.9. The molecule has 1 saturated heterocycles. The molecule has 1 heterocycles. The Kier molecular flexibility index (Phi) is 5.55. The number of rotatable bonds is 5. The number of nitrogens with zero attached hydrogens (tertiary/aromatic N) is 1. The molecule has 7 heteroatoms. The third kappa shape index (κ3) is 3.78. The van der Waals surface area contributed by atoms with Gasteiger partial charge >= 0.3 is 6.03 Å². The number of anilines is 1. The van der Waals surface area contributed by atoms with Crippen LogP contribution in [0, 0.1) is 0 Å². The number of carbonyl (C=O) groups is 3. The van der Waals surface area contributed by atoms with Crippen LogP contribution < -0.4 is 19.7 Å². The summed E-state index contributed by atoms with van der Waals surface area (Å²) in [5.74, 6) is -0.788. The zero-order valence-corrected chi connectivity index (χ0v) is 15.3. The lowest BCUT2D eigenvalue weighted by Gasteiger charge is -2.27. The summed E-state index contributed by atoms with van der Waals surface area (Å²) in [6.45, 7) is 0. The third-order valence-corrected chi connectivity index (χ3v) is 4.08. The molecule has 2 aromatic rings. The van der Waals surface area contributed by atoms with E-state index in [1.807, 2.05) is 30.3 Å². The largest absolute Gasteiger partial charge is 0.497 e. The molecule has 0 atom stereocenters. The molecule has 1 aliphatic rings. The van der Waals surface area contributed by atoms with E-state index in [-0.39, 0.29) is 17.0 Å². The van der Waals surface area contributed by atoms with Crippen LogP contribution in [0.25, 0.3) is 6.08 Å². The highest BCUT2D eigenvalue weighted by molar-refractivity contribution is 6.38. The molecule has 1 aliphatic heterocycles. The van der Waals surface area contributed by atoms with Gasteiger partial charge in [-0.25, -0.2) is 9.69 Å². The maximum absolute atomic E-state index is 12.9. The first-order valence-corrected chi connectivity index (χ1v) is 8.40. The second kappa shape index (κ2) is 8.22. The number of nitrogens with one attached hydrogen (secondary N) is 1. The van der Waals surface area contributed by atoms with Gasteiger partial charge in [0, 0.05) is 6.07 Å². The fourth-order valence-electron chi connectivity index (χ4n) is 2.69. The predicted octanol–water partition coefficient (Wildman–Crippen LogP) is 2.93. The molecule has 0 aliphatic carbocycles. The number of hydrogen-bond donors (Lipinski definition) is 1. The number of carbonyl (C=O) groups excluding carboxylic acids is 3. The van der Waals surface area contributed by atoms with Gasteiger partial charge in [-0.05, 0) is 23.8 Å². The topological polar surface area (TPSA) is 84.9 Å². The summed E-state index contributed by atoms with van der Waals surface area (Å²) in [7, 11) is 2.88. The first-order valence-electron chi connectivity index (χ1n) is 8.40. The minimum atomic E-state index is -0.856. The summed E-state index contributed by atoms with van der Waals surface area (Å²) in [6.07, 6.45) is 4.70. The van der Waals surface area contributed by atoms with E-state index in [1.54, 1.807) is 24.3 Å². The van der Waals surface area contributed by atoms with Crippen LogP contribution in [0.4, 0.5) is 10.5 Å². The molecule has 0 aromatic heterocycles. The molecule has 0 saturated carbocycles. The molecule has 7 nitrogen and oxygen atoms in total. The molecule has 2 aromatic carbocycles. The highest BCUT2D eigenvalue weighted by Gasteiger charge is 2.38. The smallest absolute Gasteiger partial charge is 0.336 e. The lowest BCUT2D eigenvalue weighted by atomic mass is 10.1. The zero-order valence-electron chi connectivity index (χ0n) is 15.3. The molecular formula is C21H18N2O5. The third-order valence-electron chi connectivity index (χ3n) is 4.08. The van der Waals surface area contributed by atoms with Crippen molar-refractivity contribution in [2.24, 2.45) is 0 Å². The Morgan fingerprint density at radius 1 is 0.964 bits per heavy atom. The molecule has 0 radical (unpaired) electrons. The number of ether oxygens (including phenoxy) is 2. The van der Waals surface area contributed by atoms with Crippen LogP contribution in [-0.4, -0.2) is 32.1 Å². The van der Waals surface area contributed by atoms with E-state index < -0.39 is 17.8 Å². The van der Waals surface area contributed by atoms with Gasteiger partial charge in [-0.1, -0.05) is 42.5 Å². The molecule has 0 bridgehead atoms. The van der Waals surface area contributed by atoms with Crippen molar-refractivity contribution in [2.45, 2.75) is 0 Å². The average molecular weight is 378 g/mol. The van der Waals surface area contributed by atoms with E-state index in [9.17, 15) is 14.4 Å². The van der Waals surface area contributed by atoms with Crippen molar-refractivity contribution >= 4 is 29.6 Å². The van der Waals surface area contributed by atoms with E-state index >= 15 is 0 Å². The van der Waals surface area contributed by atoms with E-state index in [1.165, 1.54) is 26.4 Å². The SMILES string of the molecule is COc1ccc(OC)c(N2C(=O)NC(=O)/C(=C/C=C\c3ccccc3)C2=O)c1. The van der Waals surface area contributed by atoms with Crippen LogP contribution in [0.5, 0.6) is 11.5 Å². The van der Waals surface area contributed by atoms with Gasteiger partial charge in [0.15, 0.2) is 0 Å². The van der Waals surface area contributed by atoms with Gasteiger partial charge in [-0.15, -0.1) is 0 Å². The van der Waals surface area contributed by atoms with Crippen molar-refractivity contribution in [3.05, 3.63) is 71.8 Å². The molecular weight excluding hydrogens is 360 g/mol. The number of benzene rings is 2. The first kappa shape index (κ1) is 18.9. The predicted molar refractivity (Wildman–Crippen MR) is 104 cm³/mol. The van der Waals surface area contributed by atoms with E-state index in [4.69, 9.17) is 9.47 Å². The molecule has 3 rings (SSSR count). The molecule has 142 valence electrons. The minimum absolute atomic E-state index is 0.170. The zero-order chi connectivity index (χ0) is 20.1. The van der Waals surface area contributed by atoms with Crippen LogP contribution in [0.15, 0.2) is 66.3 Å². The maximum Gasteiger partial charge on any atom is 0.336 e. The normalized spacial score (nSPS) is 15.9. The van der Waals surface area contributed by atoms with Crippen LogP contribution >= 0.6 is 0 Å². The van der Waals surface area contributed by atoms with Gasteiger partial charge in [0.05, 0.1) is 19.9 Å². The van der Waals surface area contributed by atoms with Crippen LogP contribution in [-0.2, 0) is 9.59 Å². The Labute approximate surface area is 161 Å². The number of barbiturate groups is 1. The number of hydrogen-bond acceptors (Lipinski definition) is 5. The number of imide groups is 2. The van der Waals surface area contributed by atoms with Crippen molar-refractivity contribution in [2.75, 3.05) is 19.1 Å². The van der Waals surface area contributed by atoms with E-state index in [0.29, 0.717) is 5.75 Å². The Morgan fingerprint density at radius 3 is 2.39 bits per heavy atom. The van der Waals surface area contributed by atoms with Crippen molar-refractivity contribution < 1.29 is 23.9 Å². The van der Waals surface area contributed by atoms with Gasteiger partial charge in [0.1, 0.15) is 17.1 Å². The summed E-state index contributed by atoms with van der Waals surface area (Å²) in [4.78, 5) is 38.3. The van der Waals surface area contributed by atoms with Gasteiger partial charge in [-0.3, -0.25) is 14.9 Å². The van der Waals surface area contributed by atoms with Crippen LogP contribution in [0.1, 0.15) is 5.56 Å². The van der Waals surface area contributed by atoms with Gasteiger partial charge in [0.2, 0.25) is 0 Å². The molecule has 0 unspecified atom stereocenters. The summed E-state index contributed by atoms with van der Waals surface area (Å²) < 4.78 is 10.4. The second-order valence-electron chi connectivity index (χ2n) is 5.79. The summed E-state index contributed by atoms with van der Waals surface area (Å²) in [6, 6.07) is 13.3. The van der Waals surface area contributed by atoms with Gasteiger partial charge in [-0.2, -0.15) is 0 Å². The fourth-order valence-corrected chi connectivity index (χ4v) is 2.69. The van der Waals surface area contributed by atoms with E-state index in [0.717, 1.165) is 10.5 Å². The van der Waals surface area contributed by atoms with Crippen molar-refractivity contribution in [1.29, 1.82) is 0 Å².